The van der Waals surface area contributed by atoms with Crippen molar-refractivity contribution in [3.8, 4) is 23.2 Å². The Morgan fingerprint density at radius 3 is 2.28 bits per heavy atom. The minimum Gasteiger partial charge on any atom is -0.462 e. The molecule has 0 saturated heterocycles. The van der Waals surface area contributed by atoms with Crippen LogP contribution in [0.5, 0.6) is 0 Å². The average Bonchev–Trinajstić information content (AvgIpc) is 4.09. The van der Waals surface area contributed by atoms with Gasteiger partial charge in [0.25, 0.3) is 0 Å². The molecule has 0 fully saturated rings. The molecule has 4 heterocycles. The Morgan fingerprint density at radius 2 is 1.63 bits per heavy atom. The zero-order valence-corrected chi connectivity index (χ0v) is 40.7. The van der Waals surface area contributed by atoms with Gasteiger partial charge < -0.3 is 57.4 Å². The Kier molecular flexibility index (Phi) is 21.4. The number of fused-ring (bicyclic) bond motifs is 8. The number of hydrogen-bond donors (Lipinski definition) is 2. The van der Waals surface area contributed by atoms with Gasteiger partial charge in [0.05, 0.1) is 30.8 Å². The molecule has 3 N–H and O–H groups in total. The highest BCUT2D eigenvalue weighted by atomic mass is 16.6. The van der Waals surface area contributed by atoms with E-state index < -0.39 is 72.5 Å². The number of carbonyl (C=O) groups excluding carboxylic acids is 4. The van der Waals surface area contributed by atoms with Gasteiger partial charge in [-0.25, -0.2) is 19.7 Å². The molecule has 3 aromatic heterocycles. The summed E-state index contributed by atoms with van der Waals surface area (Å²) >= 11 is 0. The lowest BCUT2D eigenvalue weighted by Gasteiger charge is -2.34. The van der Waals surface area contributed by atoms with Crippen LogP contribution in [-0.2, 0) is 42.8 Å². The number of ketones is 1. The Morgan fingerprint density at radius 1 is 0.940 bits per heavy atom. The maximum atomic E-state index is 14.0. The van der Waals surface area contributed by atoms with Crippen molar-refractivity contribution in [1.82, 2.24) is 19.9 Å². The zero-order chi connectivity index (χ0) is 49.4. The maximum Gasteiger partial charge on any atom is 0.404 e. The van der Waals surface area contributed by atoms with Crippen LogP contribution in [0.25, 0.3) is 29.2 Å². The molecule has 19 heteroatoms. The third-order valence-corrected chi connectivity index (χ3v) is 12.8. The minimum absolute atomic E-state index is 0.0194. The summed E-state index contributed by atoms with van der Waals surface area (Å²) in [6.07, 6.45) is 7.75. The van der Waals surface area contributed by atoms with Gasteiger partial charge >= 0.3 is 12.1 Å². The van der Waals surface area contributed by atoms with E-state index in [1.54, 1.807) is 40.7 Å². The first-order valence-electron chi connectivity index (χ1n) is 22.8. The number of aliphatic hydroxyl groups is 1. The van der Waals surface area contributed by atoms with Gasteiger partial charge in [-0.05, 0) is 43.6 Å². The lowest BCUT2D eigenvalue weighted by atomic mass is 9.84. The van der Waals surface area contributed by atoms with Crippen LogP contribution in [0.4, 0.5) is 4.79 Å². The molecule has 0 aromatic carbocycles. The molecule has 13 atom stereocenters. The number of nitrogens with zero attached hydrogens (tertiary/aromatic N) is 4. The number of primary amides is 1. The maximum absolute atomic E-state index is 14.0. The van der Waals surface area contributed by atoms with Gasteiger partial charge in [0.1, 0.15) is 48.6 Å². The Labute approximate surface area is 393 Å². The highest BCUT2D eigenvalue weighted by Crippen LogP contribution is 2.34. The number of aromatic nitrogens is 3. The van der Waals surface area contributed by atoms with Crippen molar-refractivity contribution >= 4 is 30.3 Å². The number of cyclic esters (lactones) is 1. The van der Waals surface area contributed by atoms with Crippen LogP contribution in [0.3, 0.4) is 0 Å². The van der Waals surface area contributed by atoms with E-state index in [1.807, 2.05) is 53.7 Å². The first-order chi connectivity index (χ1) is 31.9. The van der Waals surface area contributed by atoms with Gasteiger partial charge in [-0.2, -0.15) is 0 Å². The molecule has 1 aliphatic rings. The second-order valence-electron chi connectivity index (χ2n) is 17.9. The number of hydrogen-bond acceptors (Lipinski definition) is 17. The smallest absolute Gasteiger partial charge is 0.404 e. The molecule has 0 radical (unpaired) electrons. The fourth-order valence-electron chi connectivity index (χ4n) is 8.69. The van der Waals surface area contributed by atoms with Crippen molar-refractivity contribution in [1.29, 1.82) is 0 Å². The Bertz CT molecular complexity index is 2060. The fourth-order valence-corrected chi connectivity index (χ4v) is 8.69. The molecule has 2 amide bonds. The van der Waals surface area contributed by atoms with E-state index >= 15 is 0 Å². The van der Waals surface area contributed by atoms with E-state index in [1.165, 1.54) is 30.8 Å². The first-order valence-corrected chi connectivity index (χ1v) is 22.8. The third-order valence-electron chi connectivity index (χ3n) is 12.8. The number of carbonyl (C=O) groups is 4. The molecule has 67 heavy (non-hydrogen) atoms. The van der Waals surface area contributed by atoms with Gasteiger partial charge in [0, 0.05) is 78.2 Å². The standard InChI is InChI=1S/C48H71N5O14/c1-27-19-33(66-48(49)58)21-43(57)67-41(22-40(60-9)28(2)15-16-37(55)30(4)44(61-10)29(3)17-18-53(7)26-54)32(6)39(59-8)13-12-14-42-50-35(24-63-42)46-52-36(25-65-46)47-51-34(23-64-47)45(62-11)31(5)38(56)20-27/h12,14,17-18,23-33,38-41,44-45,56H,13,15-16,19-22H2,1-11H3,(H2,49,58)/b14-12+,18-17+/t27-,28-,29+,30-,31-,32+,33-,38-,39-,40-,41-,44+,45?/m0/s1. The number of nitrogens with two attached hydrogens (primary N) is 1. The summed E-state index contributed by atoms with van der Waals surface area (Å²) in [6.45, 7) is 11.4. The molecule has 0 saturated carbocycles. The highest BCUT2D eigenvalue weighted by molar-refractivity contribution is 5.81. The molecule has 6 bridgehead atoms. The average molecular weight is 942 g/mol. The van der Waals surface area contributed by atoms with Crippen LogP contribution in [0, 0.1) is 35.5 Å². The lowest BCUT2D eigenvalue weighted by molar-refractivity contribution is -0.160. The molecule has 0 spiro atoms. The summed E-state index contributed by atoms with van der Waals surface area (Å²) in [5, 5.41) is 11.4. The minimum atomic E-state index is -1.05. The molecule has 1 aliphatic heterocycles. The summed E-state index contributed by atoms with van der Waals surface area (Å²) < 4.78 is 52.4. The van der Waals surface area contributed by atoms with Crippen molar-refractivity contribution in [2.45, 2.75) is 129 Å². The number of oxazole rings is 3. The number of amides is 2. The topological polar surface area (TPSA) is 251 Å². The van der Waals surface area contributed by atoms with E-state index in [2.05, 4.69) is 15.0 Å². The van der Waals surface area contributed by atoms with Crippen molar-refractivity contribution in [2.75, 3.05) is 35.5 Å². The largest absolute Gasteiger partial charge is 0.462 e. The Balaban J connectivity index is 1.60. The number of Topliss-reactive ketones (excluding diaryl/α,β-unsaturated/α-hetero) is 1. The molecular weight excluding hydrogens is 871 g/mol. The van der Waals surface area contributed by atoms with Crippen LogP contribution < -0.4 is 5.73 Å². The van der Waals surface area contributed by atoms with Gasteiger partial charge in [-0.3, -0.25) is 14.4 Å². The predicted octanol–water partition coefficient (Wildman–Crippen LogP) is 7.20. The van der Waals surface area contributed by atoms with Crippen molar-refractivity contribution in [2.24, 2.45) is 41.2 Å². The first kappa shape index (κ1) is 54.4. The Hall–Kier alpha value is -5.21. The molecule has 4 rings (SSSR count). The second-order valence-corrected chi connectivity index (χ2v) is 17.9. The summed E-state index contributed by atoms with van der Waals surface area (Å²) in [5.74, 6) is -1.84. The van der Waals surface area contributed by atoms with Crippen molar-refractivity contribution in [3.05, 3.63) is 48.7 Å². The highest BCUT2D eigenvalue weighted by Gasteiger charge is 2.36. The van der Waals surface area contributed by atoms with Crippen LogP contribution in [-0.4, -0.2) is 121 Å². The molecule has 0 aliphatic carbocycles. The molecule has 372 valence electrons. The van der Waals surface area contributed by atoms with Gasteiger partial charge in [-0.15, -0.1) is 0 Å². The molecule has 3 aromatic rings. The van der Waals surface area contributed by atoms with E-state index in [0.717, 1.165) is 0 Å². The quantitative estimate of drug-likeness (QED) is 0.100. The number of methoxy groups -OCH3 is 4. The number of esters is 1. The summed E-state index contributed by atoms with van der Waals surface area (Å²) in [7, 11) is 7.86. The lowest BCUT2D eigenvalue weighted by Crippen LogP contribution is -2.39. The van der Waals surface area contributed by atoms with E-state index in [4.69, 9.17) is 47.4 Å². The van der Waals surface area contributed by atoms with E-state index in [-0.39, 0.29) is 73.3 Å². The predicted molar refractivity (Wildman–Crippen MR) is 244 cm³/mol. The second kappa shape index (κ2) is 26.4. The van der Waals surface area contributed by atoms with Crippen molar-refractivity contribution in [3.63, 3.8) is 0 Å². The normalized spacial score (nSPS) is 26.2. The summed E-state index contributed by atoms with van der Waals surface area (Å²) in [6, 6.07) is 0. The number of ether oxygens (including phenoxy) is 6. The monoisotopic (exact) mass is 941 g/mol. The zero-order valence-electron chi connectivity index (χ0n) is 40.7. The molecular formula is C48H71N5O14. The van der Waals surface area contributed by atoms with E-state index in [9.17, 15) is 24.3 Å². The SMILES string of the molecule is COC1c2coc(n2)-c2coc(n2)-c2coc(n2)/C=C/C[C@H](OC)[C@@H](C)[C@H](C[C@H](OC)[C@@H](C)CCC(=O)[C@H](C)[C@H](OC)[C@H](C)/C=C/N(C)C=O)OC(=O)C[C@@H](OC(N)=O)C[C@H](C)C[C@H](O)[C@@H]1C. The molecule has 1 unspecified atom stereocenters. The van der Waals surface area contributed by atoms with E-state index in [0.29, 0.717) is 36.3 Å². The number of rotatable bonds is 17. The summed E-state index contributed by atoms with van der Waals surface area (Å²) in [5.41, 5.74) is 6.58. The van der Waals surface area contributed by atoms with Gasteiger partial charge in [0.2, 0.25) is 24.1 Å². The number of aliphatic hydroxyl groups excluding tert-OH is 1. The molecule has 19 nitrogen and oxygen atoms in total. The van der Waals surface area contributed by atoms with Gasteiger partial charge in [-0.1, -0.05) is 53.7 Å². The van der Waals surface area contributed by atoms with Gasteiger partial charge in [0.15, 0.2) is 11.4 Å². The van der Waals surface area contributed by atoms with Crippen LogP contribution in [0.1, 0.15) is 104 Å². The van der Waals surface area contributed by atoms with Crippen LogP contribution in [0.15, 0.2) is 50.4 Å². The third kappa shape index (κ3) is 15.7. The summed E-state index contributed by atoms with van der Waals surface area (Å²) in [4.78, 5) is 65.7. The van der Waals surface area contributed by atoms with Crippen LogP contribution in [0.2, 0.25) is 0 Å². The fraction of sp³-hybridized carbons (Fsp3) is 0.646. The van der Waals surface area contributed by atoms with Crippen LogP contribution >= 0.6 is 0 Å². The van der Waals surface area contributed by atoms with Crippen molar-refractivity contribution < 1.29 is 66.0 Å².